The zero-order valence-electron chi connectivity index (χ0n) is 13.5. The van der Waals surface area contributed by atoms with E-state index in [2.05, 4.69) is 5.32 Å². The first kappa shape index (κ1) is 16.4. The summed E-state index contributed by atoms with van der Waals surface area (Å²) in [5, 5.41) is 3.30. The third kappa shape index (κ3) is 3.64. The van der Waals surface area contributed by atoms with Crippen LogP contribution in [0.4, 0.5) is 0 Å². The summed E-state index contributed by atoms with van der Waals surface area (Å²) in [5.41, 5.74) is -0.521. The molecule has 2 heterocycles. The smallest absolute Gasteiger partial charge is 0.235 e. The third-order valence-electron chi connectivity index (χ3n) is 4.99. The van der Waals surface area contributed by atoms with Crippen LogP contribution in [0.25, 0.3) is 0 Å². The zero-order valence-corrected chi connectivity index (χ0v) is 13.5. The summed E-state index contributed by atoms with van der Waals surface area (Å²) in [6, 6.07) is 0. The van der Waals surface area contributed by atoms with E-state index in [1.807, 2.05) is 20.8 Å². The summed E-state index contributed by atoms with van der Waals surface area (Å²) in [4.78, 5) is 25.9. The molecule has 0 aromatic carbocycles. The van der Waals surface area contributed by atoms with Crippen LogP contribution >= 0.6 is 0 Å². The minimum Gasteiger partial charge on any atom is -0.378 e. The maximum absolute atomic E-state index is 12.4. The molecule has 120 valence electrons. The molecule has 0 radical (unpaired) electrons. The van der Waals surface area contributed by atoms with Crippen LogP contribution in [-0.2, 0) is 14.3 Å². The lowest BCUT2D eigenvalue weighted by Crippen LogP contribution is -2.38. The number of nitrogens with one attached hydrogen (secondary N) is 1. The quantitative estimate of drug-likeness (QED) is 0.597. The molecule has 21 heavy (non-hydrogen) atoms. The number of carbonyl (C=O) groups excluding carboxylic acids is 2. The van der Waals surface area contributed by atoms with Crippen molar-refractivity contribution in [3.8, 4) is 0 Å². The molecule has 2 amide bonds. The molecule has 1 N–H and O–H groups in total. The first-order valence-corrected chi connectivity index (χ1v) is 8.12. The maximum atomic E-state index is 12.4. The molecule has 2 aliphatic heterocycles. The van der Waals surface area contributed by atoms with Crippen LogP contribution in [0.3, 0.4) is 0 Å². The van der Waals surface area contributed by atoms with Crippen molar-refractivity contribution in [3.05, 3.63) is 0 Å². The third-order valence-corrected chi connectivity index (χ3v) is 4.99. The van der Waals surface area contributed by atoms with Gasteiger partial charge in [0, 0.05) is 19.6 Å². The second-order valence-electron chi connectivity index (χ2n) is 6.77. The Labute approximate surface area is 127 Å². The normalized spacial score (nSPS) is 27.9. The van der Waals surface area contributed by atoms with Gasteiger partial charge in [0.2, 0.25) is 11.8 Å². The van der Waals surface area contributed by atoms with Gasteiger partial charge in [-0.1, -0.05) is 13.8 Å². The van der Waals surface area contributed by atoms with Gasteiger partial charge in [-0.15, -0.1) is 0 Å². The van der Waals surface area contributed by atoms with Crippen molar-refractivity contribution >= 4 is 11.8 Å². The lowest BCUT2D eigenvalue weighted by Gasteiger charge is -2.26. The summed E-state index contributed by atoms with van der Waals surface area (Å²) in [7, 11) is 0. The lowest BCUT2D eigenvalue weighted by molar-refractivity contribution is -0.142. The molecule has 0 aliphatic carbocycles. The predicted molar refractivity (Wildman–Crippen MR) is 80.7 cm³/mol. The Morgan fingerprint density at radius 1 is 1.33 bits per heavy atom. The molecule has 2 aliphatic rings. The van der Waals surface area contributed by atoms with E-state index in [0.717, 1.165) is 32.4 Å². The summed E-state index contributed by atoms with van der Waals surface area (Å²) in [6.07, 6.45) is 3.51. The Morgan fingerprint density at radius 2 is 2.00 bits per heavy atom. The fourth-order valence-electron chi connectivity index (χ4n) is 3.02. The van der Waals surface area contributed by atoms with E-state index in [4.69, 9.17) is 4.74 Å². The van der Waals surface area contributed by atoms with Crippen LogP contribution in [0.1, 0.15) is 46.5 Å². The highest BCUT2D eigenvalue weighted by Crippen LogP contribution is 2.39. The van der Waals surface area contributed by atoms with Crippen molar-refractivity contribution in [1.82, 2.24) is 10.2 Å². The highest BCUT2D eigenvalue weighted by Gasteiger charge is 2.49. The van der Waals surface area contributed by atoms with Crippen molar-refractivity contribution in [2.75, 3.05) is 26.2 Å². The second kappa shape index (κ2) is 6.88. The number of carbonyl (C=O) groups is 2. The number of nitrogens with zero attached hydrogens (tertiary/aromatic N) is 1. The van der Waals surface area contributed by atoms with Crippen LogP contribution in [0.5, 0.6) is 0 Å². The topological polar surface area (TPSA) is 58.6 Å². The van der Waals surface area contributed by atoms with Gasteiger partial charge in [0.25, 0.3) is 0 Å². The van der Waals surface area contributed by atoms with Gasteiger partial charge >= 0.3 is 0 Å². The van der Waals surface area contributed by atoms with Crippen molar-refractivity contribution in [2.45, 2.75) is 52.6 Å². The van der Waals surface area contributed by atoms with E-state index in [1.165, 1.54) is 4.90 Å². The number of ether oxygens (including phenoxy) is 1. The van der Waals surface area contributed by atoms with Crippen molar-refractivity contribution < 1.29 is 14.3 Å². The molecule has 2 rings (SSSR count). The number of imide groups is 1. The molecule has 0 aromatic heterocycles. The fraction of sp³-hybridized carbons (Fsp3) is 0.875. The number of amides is 2. The zero-order chi connectivity index (χ0) is 15.5. The van der Waals surface area contributed by atoms with Gasteiger partial charge in [-0.25, -0.2) is 0 Å². The van der Waals surface area contributed by atoms with Crippen molar-refractivity contribution in [1.29, 1.82) is 0 Å². The minimum absolute atomic E-state index is 0.00985. The van der Waals surface area contributed by atoms with Crippen LogP contribution < -0.4 is 5.32 Å². The van der Waals surface area contributed by atoms with Gasteiger partial charge in [-0.2, -0.15) is 0 Å². The number of rotatable bonds is 6. The highest BCUT2D eigenvalue weighted by atomic mass is 16.5. The second-order valence-corrected chi connectivity index (χ2v) is 6.77. The summed E-state index contributed by atoms with van der Waals surface area (Å²) in [6.45, 7) is 9.07. The molecule has 0 saturated carbocycles. The van der Waals surface area contributed by atoms with Crippen LogP contribution in [-0.4, -0.2) is 49.1 Å². The fourth-order valence-corrected chi connectivity index (χ4v) is 3.02. The molecule has 1 unspecified atom stereocenters. The Morgan fingerprint density at radius 3 is 2.57 bits per heavy atom. The van der Waals surface area contributed by atoms with E-state index in [9.17, 15) is 9.59 Å². The number of piperidine rings is 1. The molecule has 5 heteroatoms. The maximum Gasteiger partial charge on any atom is 0.235 e. The molecule has 5 nitrogen and oxygen atoms in total. The average molecular weight is 296 g/mol. The largest absolute Gasteiger partial charge is 0.378 e. The van der Waals surface area contributed by atoms with Gasteiger partial charge in [0.15, 0.2) is 0 Å². The lowest BCUT2D eigenvalue weighted by atomic mass is 9.78. The molecule has 0 spiro atoms. The van der Waals surface area contributed by atoms with Gasteiger partial charge in [-0.3, -0.25) is 14.5 Å². The van der Waals surface area contributed by atoms with E-state index in [-0.39, 0.29) is 17.7 Å². The summed E-state index contributed by atoms with van der Waals surface area (Å²) >= 11 is 0. The number of likely N-dealkylation sites (tertiary alicyclic amines) is 1. The first-order chi connectivity index (χ1) is 9.95. The van der Waals surface area contributed by atoms with Gasteiger partial charge in [0.1, 0.15) is 0 Å². The van der Waals surface area contributed by atoms with E-state index < -0.39 is 5.41 Å². The molecule has 2 fully saturated rings. The molecule has 0 aromatic rings. The SMILES string of the molecule is CC(C)C1(C)CC(=O)N(CCCOC2CCNCC2)C1=O. The van der Waals surface area contributed by atoms with Crippen LogP contribution in [0, 0.1) is 11.3 Å². The van der Waals surface area contributed by atoms with Gasteiger partial charge in [-0.05, 0) is 45.2 Å². The monoisotopic (exact) mass is 296 g/mol. The standard InChI is InChI=1S/C16H28N2O3/c1-12(2)16(3)11-14(19)18(15(16)20)9-4-10-21-13-5-7-17-8-6-13/h12-13,17H,4-11H2,1-3H3. The van der Waals surface area contributed by atoms with Gasteiger partial charge in [0.05, 0.1) is 11.5 Å². The number of hydrogen-bond donors (Lipinski definition) is 1. The Hall–Kier alpha value is -0.940. The van der Waals surface area contributed by atoms with E-state index in [0.29, 0.717) is 25.7 Å². The van der Waals surface area contributed by atoms with Crippen LogP contribution in [0.2, 0.25) is 0 Å². The Bertz CT molecular complexity index is 391. The number of hydrogen-bond acceptors (Lipinski definition) is 4. The van der Waals surface area contributed by atoms with E-state index in [1.54, 1.807) is 0 Å². The Balaban J connectivity index is 1.75. The van der Waals surface area contributed by atoms with E-state index >= 15 is 0 Å². The average Bonchev–Trinajstić information content (AvgIpc) is 2.68. The molecular weight excluding hydrogens is 268 g/mol. The first-order valence-electron chi connectivity index (χ1n) is 8.12. The van der Waals surface area contributed by atoms with Crippen molar-refractivity contribution in [2.24, 2.45) is 11.3 Å². The molecule has 2 saturated heterocycles. The van der Waals surface area contributed by atoms with Crippen LogP contribution in [0.15, 0.2) is 0 Å². The van der Waals surface area contributed by atoms with Gasteiger partial charge < -0.3 is 10.1 Å². The molecular formula is C16H28N2O3. The minimum atomic E-state index is -0.521. The highest BCUT2D eigenvalue weighted by molar-refractivity contribution is 6.05. The van der Waals surface area contributed by atoms with Crippen molar-refractivity contribution in [3.63, 3.8) is 0 Å². The molecule has 1 atom stereocenters. The summed E-state index contributed by atoms with van der Waals surface area (Å²) < 4.78 is 5.82. The predicted octanol–water partition coefficient (Wildman–Crippen LogP) is 1.57. The molecule has 0 bridgehead atoms. The summed E-state index contributed by atoms with van der Waals surface area (Å²) in [5.74, 6) is 0.146. The Kier molecular flexibility index (Phi) is 5.38.